The Labute approximate surface area is 174 Å². The number of allylic oxidation sites excluding steroid dienone is 1. The SMILES string of the molecule is COc1ccc2c(c1)C(=Cc1sc(=O)n(Cc3ccc(Cl)c(Cl)c3)c1O)C=N2. The Morgan fingerprint density at radius 2 is 2.04 bits per heavy atom. The summed E-state index contributed by atoms with van der Waals surface area (Å²) in [5.74, 6) is 0.614. The molecule has 1 aliphatic heterocycles. The summed E-state index contributed by atoms with van der Waals surface area (Å²) in [6.45, 7) is 0.194. The van der Waals surface area contributed by atoms with Crippen LogP contribution in [0.2, 0.25) is 10.0 Å². The van der Waals surface area contributed by atoms with Crippen molar-refractivity contribution in [2.24, 2.45) is 4.99 Å². The maximum absolute atomic E-state index is 12.4. The van der Waals surface area contributed by atoms with E-state index in [0.717, 1.165) is 33.7 Å². The number of hydrogen-bond acceptors (Lipinski definition) is 5. The predicted octanol–water partition coefficient (Wildman–Crippen LogP) is 5.24. The van der Waals surface area contributed by atoms with Crippen LogP contribution in [0, 0.1) is 0 Å². The highest BCUT2D eigenvalue weighted by molar-refractivity contribution is 7.10. The molecule has 0 amide bonds. The summed E-state index contributed by atoms with van der Waals surface area (Å²) in [7, 11) is 1.60. The molecule has 1 aromatic heterocycles. The molecule has 0 bridgehead atoms. The van der Waals surface area contributed by atoms with E-state index < -0.39 is 0 Å². The molecule has 0 atom stereocenters. The number of ether oxygens (including phenoxy) is 1. The minimum absolute atomic E-state index is 0.0988. The molecule has 0 radical (unpaired) electrons. The predicted molar refractivity (Wildman–Crippen MR) is 115 cm³/mol. The van der Waals surface area contributed by atoms with E-state index in [0.29, 0.717) is 20.7 Å². The van der Waals surface area contributed by atoms with E-state index in [4.69, 9.17) is 27.9 Å². The molecule has 0 fully saturated rings. The summed E-state index contributed by atoms with van der Waals surface area (Å²) in [5, 5.41) is 11.4. The summed E-state index contributed by atoms with van der Waals surface area (Å²) in [5.41, 5.74) is 3.26. The van der Waals surface area contributed by atoms with Gasteiger partial charge in [-0.2, -0.15) is 0 Å². The minimum atomic E-state index is -0.267. The number of aliphatic imine (C=N–C) groups is 1. The lowest BCUT2D eigenvalue weighted by molar-refractivity contribution is 0.415. The smallest absolute Gasteiger partial charge is 0.310 e. The van der Waals surface area contributed by atoms with Crippen molar-refractivity contribution >= 4 is 58.1 Å². The van der Waals surface area contributed by atoms with Crippen LogP contribution >= 0.6 is 34.5 Å². The Kier molecular flexibility index (Phi) is 5.02. The fourth-order valence-electron chi connectivity index (χ4n) is 2.92. The molecule has 4 rings (SSSR count). The molecule has 3 aromatic rings. The third-order valence-corrected chi connectivity index (χ3v) is 6.02. The van der Waals surface area contributed by atoms with Crippen LogP contribution in [0.5, 0.6) is 11.6 Å². The van der Waals surface area contributed by atoms with Gasteiger partial charge in [0.05, 0.1) is 34.3 Å². The second-order valence-electron chi connectivity index (χ2n) is 6.13. The standard InChI is InChI=1S/C20H14Cl2N2O3S/c1-27-13-3-5-17-14(8-13)12(9-23-17)7-18-19(25)24(20(26)28-18)10-11-2-4-15(21)16(22)6-11/h2-9,25H,10H2,1H3. The molecule has 2 heterocycles. The molecule has 1 aliphatic rings. The zero-order valence-electron chi connectivity index (χ0n) is 14.6. The van der Waals surface area contributed by atoms with Gasteiger partial charge in [0.2, 0.25) is 5.88 Å². The largest absolute Gasteiger partial charge is 0.497 e. The maximum atomic E-state index is 12.4. The van der Waals surface area contributed by atoms with Crippen LogP contribution in [0.25, 0.3) is 11.6 Å². The van der Waals surface area contributed by atoms with E-state index in [-0.39, 0.29) is 17.3 Å². The van der Waals surface area contributed by atoms with Crippen molar-refractivity contribution in [1.82, 2.24) is 4.57 Å². The summed E-state index contributed by atoms with van der Waals surface area (Å²) < 4.78 is 6.57. The highest BCUT2D eigenvalue weighted by atomic mass is 35.5. The number of methoxy groups -OCH3 is 1. The quantitative estimate of drug-likeness (QED) is 0.613. The number of halogens is 2. The maximum Gasteiger partial charge on any atom is 0.310 e. The first kappa shape index (κ1) is 18.8. The summed E-state index contributed by atoms with van der Waals surface area (Å²) >= 11 is 12.9. The van der Waals surface area contributed by atoms with Crippen molar-refractivity contribution in [3.63, 3.8) is 0 Å². The zero-order valence-corrected chi connectivity index (χ0v) is 17.0. The molecule has 0 spiro atoms. The Hall–Kier alpha value is -2.54. The van der Waals surface area contributed by atoms with Crippen LogP contribution < -0.4 is 9.61 Å². The lowest BCUT2D eigenvalue weighted by Gasteiger charge is -2.06. The first-order chi connectivity index (χ1) is 13.5. The molecule has 0 aliphatic carbocycles. The fraction of sp³-hybridized carbons (Fsp3) is 0.100. The highest BCUT2D eigenvalue weighted by Crippen LogP contribution is 2.37. The molecule has 142 valence electrons. The van der Waals surface area contributed by atoms with Gasteiger partial charge in [-0.3, -0.25) is 14.4 Å². The van der Waals surface area contributed by atoms with Gasteiger partial charge in [-0.1, -0.05) is 40.6 Å². The van der Waals surface area contributed by atoms with Gasteiger partial charge in [0.15, 0.2) is 0 Å². The molecular weight excluding hydrogens is 419 g/mol. The number of fused-ring (bicyclic) bond motifs is 1. The van der Waals surface area contributed by atoms with Crippen molar-refractivity contribution in [3.8, 4) is 11.6 Å². The van der Waals surface area contributed by atoms with Gasteiger partial charge in [-0.25, -0.2) is 0 Å². The number of hydrogen-bond donors (Lipinski definition) is 1. The first-order valence-corrected chi connectivity index (χ1v) is 9.84. The molecule has 2 aromatic carbocycles. The number of aromatic nitrogens is 1. The van der Waals surface area contributed by atoms with E-state index in [1.165, 1.54) is 4.57 Å². The molecule has 28 heavy (non-hydrogen) atoms. The van der Waals surface area contributed by atoms with Crippen LogP contribution in [0.1, 0.15) is 16.0 Å². The number of thiazole rings is 1. The van der Waals surface area contributed by atoms with Crippen molar-refractivity contribution in [2.45, 2.75) is 6.54 Å². The molecule has 0 unspecified atom stereocenters. The van der Waals surface area contributed by atoms with Crippen molar-refractivity contribution in [2.75, 3.05) is 7.11 Å². The zero-order chi connectivity index (χ0) is 19.8. The van der Waals surface area contributed by atoms with Gasteiger partial charge in [0.1, 0.15) is 5.75 Å². The summed E-state index contributed by atoms with van der Waals surface area (Å²) in [6, 6.07) is 10.7. The van der Waals surface area contributed by atoms with E-state index in [1.54, 1.807) is 37.6 Å². The van der Waals surface area contributed by atoms with Crippen LogP contribution in [0.4, 0.5) is 5.69 Å². The third-order valence-electron chi connectivity index (χ3n) is 4.36. The molecule has 8 heteroatoms. The normalized spacial score (nSPS) is 13.9. The number of rotatable bonds is 4. The van der Waals surface area contributed by atoms with Crippen molar-refractivity contribution < 1.29 is 9.84 Å². The lowest BCUT2D eigenvalue weighted by Crippen LogP contribution is -2.13. The third kappa shape index (κ3) is 3.46. The topological polar surface area (TPSA) is 63.8 Å². The number of benzene rings is 2. The molecule has 0 saturated heterocycles. The number of aromatic hydroxyl groups is 1. The molecular formula is C20H14Cl2N2O3S. The van der Waals surface area contributed by atoms with Crippen LogP contribution in [-0.4, -0.2) is 23.0 Å². The van der Waals surface area contributed by atoms with Gasteiger partial charge < -0.3 is 9.84 Å². The van der Waals surface area contributed by atoms with Crippen LogP contribution in [-0.2, 0) is 6.54 Å². The Morgan fingerprint density at radius 3 is 2.79 bits per heavy atom. The first-order valence-electron chi connectivity index (χ1n) is 8.27. The fourth-order valence-corrected chi connectivity index (χ4v) is 4.08. The van der Waals surface area contributed by atoms with Gasteiger partial charge in [0, 0.05) is 17.4 Å². The Balaban J connectivity index is 1.69. The lowest BCUT2D eigenvalue weighted by atomic mass is 10.1. The van der Waals surface area contributed by atoms with E-state index >= 15 is 0 Å². The molecule has 0 saturated carbocycles. The number of nitrogens with zero attached hydrogens (tertiary/aromatic N) is 2. The second kappa shape index (κ2) is 7.47. The minimum Gasteiger partial charge on any atom is -0.497 e. The Morgan fingerprint density at radius 1 is 1.21 bits per heavy atom. The van der Waals surface area contributed by atoms with Gasteiger partial charge in [-0.15, -0.1) is 0 Å². The van der Waals surface area contributed by atoms with Gasteiger partial charge in [-0.05, 0) is 42.0 Å². The van der Waals surface area contributed by atoms with Crippen molar-refractivity contribution in [1.29, 1.82) is 0 Å². The molecule has 1 N–H and O–H groups in total. The monoisotopic (exact) mass is 432 g/mol. The Bertz CT molecular complexity index is 1190. The van der Waals surface area contributed by atoms with E-state index in [9.17, 15) is 9.90 Å². The second-order valence-corrected chi connectivity index (χ2v) is 7.94. The van der Waals surface area contributed by atoms with Crippen LogP contribution in [0.3, 0.4) is 0 Å². The van der Waals surface area contributed by atoms with E-state index in [2.05, 4.69) is 4.99 Å². The van der Waals surface area contributed by atoms with Crippen molar-refractivity contribution in [3.05, 3.63) is 72.1 Å². The average molecular weight is 433 g/mol. The van der Waals surface area contributed by atoms with Crippen LogP contribution in [0.15, 0.2) is 46.2 Å². The van der Waals surface area contributed by atoms with E-state index in [1.807, 2.05) is 18.2 Å². The summed E-state index contributed by atoms with van der Waals surface area (Å²) in [4.78, 5) is 17.0. The van der Waals surface area contributed by atoms with Gasteiger partial charge in [0.25, 0.3) is 0 Å². The average Bonchev–Trinajstić information content (AvgIpc) is 3.20. The van der Waals surface area contributed by atoms with Gasteiger partial charge >= 0.3 is 4.87 Å². The summed E-state index contributed by atoms with van der Waals surface area (Å²) in [6.07, 6.45) is 3.46. The molecule has 5 nitrogen and oxygen atoms in total. The highest BCUT2D eigenvalue weighted by Gasteiger charge is 2.17.